The fourth-order valence-corrected chi connectivity index (χ4v) is 5.64. The first kappa shape index (κ1) is 30.5. The molecule has 1 amide bonds. The maximum atomic E-state index is 12.2. The number of nitrogens with zero attached hydrogens (tertiary/aromatic N) is 3. The molecule has 0 spiro atoms. The quantitative estimate of drug-likeness (QED) is 0.237. The van der Waals surface area contributed by atoms with Crippen molar-refractivity contribution in [1.82, 2.24) is 10.2 Å². The Morgan fingerprint density at radius 1 is 1.05 bits per heavy atom. The molecule has 5 rings (SSSR count). The van der Waals surface area contributed by atoms with Gasteiger partial charge in [0.1, 0.15) is 29.9 Å². The molecule has 10 heteroatoms. The third-order valence-corrected chi connectivity index (χ3v) is 7.88. The molecule has 2 aliphatic rings. The lowest BCUT2D eigenvalue weighted by molar-refractivity contribution is 0.00539. The average Bonchev–Trinajstić information content (AvgIpc) is 3.04. The first-order valence-corrected chi connectivity index (χ1v) is 14.7. The number of carbonyl (C=O) groups is 1. The molecule has 3 atom stereocenters. The maximum absolute atomic E-state index is 12.2. The Morgan fingerprint density at radius 2 is 1.79 bits per heavy atom. The molecule has 1 saturated heterocycles. The van der Waals surface area contributed by atoms with Crippen LogP contribution in [0, 0.1) is 4.91 Å². The molecular weight excluding hydrogens is 548 g/mol. The number of hydrogen-bond acceptors (Lipinski definition) is 9. The van der Waals surface area contributed by atoms with Crippen molar-refractivity contribution in [3.8, 4) is 17.2 Å². The van der Waals surface area contributed by atoms with Crippen molar-refractivity contribution in [2.75, 3.05) is 65.5 Å². The number of hydrogen-bond donors (Lipinski definition) is 1. The zero-order valence-corrected chi connectivity index (χ0v) is 25.0. The van der Waals surface area contributed by atoms with Crippen molar-refractivity contribution < 1.29 is 23.7 Å². The fourth-order valence-electron chi connectivity index (χ4n) is 5.64. The van der Waals surface area contributed by atoms with Crippen LogP contribution in [0.2, 0.25) is 0 Å². The van der Waals surface area contributed by atoms with Crippen LogP contribution in [0.25, 0.3) is 0 Å². The number of methoxy groups -OCH3 is 1. The summed E-state index contributed by atoms with van der Waals surface area (Å²) in [5.41, 5.74) is 3.69. The topological polar surface area (TPSA) is 102 Å². The minimum Gasteiger partial charge on any atom is -0.490 e. The highest BCUT2D eigenvalue weighted by atomic mass is 16.5. The molecule has 1 fully saturated rings. The summed E-state index contributed by atoms with van der Waals surface area (Å²) >= 11 is 0. The number of nitroso groups, excluding NO2 is 1. The van der Waals surface area contributed by atoms with E-state index in [0.29, 0.717) is 43.4 Å². The first-order chi connectivity index (χ1) is 21.0. The smallest absolute Gasteiger partial charge is 0.253 e. The van der Waals surface area contributed by atoms with E-state index in [2.05, 4.69) is 21.5 Å². The van der Waals surface area contributed by atoms with E-state index >= 15 is 0 Å². The van der Waals surface area contributed by atoms with E-state index in [1.54, 1.807) is 45.5 Å². The zero-order chi connectivity index (χ0) is 30.2. The van der Waals surface area contributed by atoms with E-state index in [-0.39, 0.29) is 17.9 Å². The Labute approximate surface area is 252 Å². The van der Waals surface area contributed by atoms with Gasteiger partial charge < -0.3 is 34.1 Å². The van der Waals surface area contributed by atoms with Crippen molar-refractivity contribution in [2.45, 2.75) is 31.1 Å². The minimum atomic E-state index is -0.458. The fraction of sp³-hybridized carbons (Fsp3) is 0.424. The molecule has 0 aliphatic carbocycles. The van der Waals surface area contributed by atoms with Gasteiger partial charge in [-0.15, -0.1) is 0 Å². The van der Waals surface area contributed by atoms with Crippen molar-refractivity contribution in [2.24, 2.45) is 5.18 Å². The normalized spacial score (nSPS) is 19.7. The summed E-state index contributed by atoms with van der Waals surface area (Å²) in [6.45, 7) is 4.64. The summed E-state index contributed by atoms with van der Waals surface area (Å²) in [6, 6.07) is 20.5. The van der Waals surface area contributed by atoms with Crippen molar-refractivity contribution >= 4 is 11.6 Å². The largest absolute Gasteiger partial charge is 0.490 e. The number of anilines is 1. The van der Waals surface area contributed by atoms with Crippen molar-refractivity contribution in [1.29, 1.82) is 0 Å². The molecule has 43 heavy (non-hydrogen) atoms. The molecule has 0 saturated carbocycles. The van der Waals surface area contributed by atoms with E-state index in [4.69, 9.17) is 18.9 Å². The molecule has 10 nitrogen and oxygen atoms in total. The number of rotatable bonds is 12. The van der Waals surface area contributed by atoms with Gasteiger partial charge in [0.25, 0.3) is 5.91 Å². The minimum absolute atomic E-state index is 0.0615. The number of piperidine rings is 1. The molecule has 1 N–H and O–H groups in total. The van der Waals surface area contributed by atoms with Gasteiger partial charge >= 0.3 is 0 Å². The molecule has 228 valence electrons. The number of carbonyl (C=O) groups excluding carboxylic acids is 1. The van der Waals surface area contributed by atoms with Crippen molar-refractivity contribution in [3.05, 3.63) is 88.3 Å². The van der Waals surface area contributed by atoms with Gasteiger partial charge in [-0.1, -0.05) is 23.4 Å². The summed E-state index contributed by atoms with van der Waals surface area (Å²) in [4.78, 5) is 27.9. The lowest BCUT2D eigenvalue weighted by Crippen LogP contribution is -2.48. The average molecular weight is 589 g/mol. The number of ether oxygens (including phenoxy) is 4. The van der Waals surface area contributed by atoms with Crippen molar-refractivity contribution in [3.63, 3.8) is 0 Å². The lowest BCUT2D eigenvalue weighted by atomic mass is 9.84. The van der Waals surface area contributed by atoms with E-state index < -0.39 is 6.04 Å². The van der Waals surface area contributed by atoms with Crippen LogP contribution in [0.3, 0.4) is 0 Å². The highest BCUT2D eigenvalue weighted by molar-refractivity contribution is 5.93. The molecule has 0 bridgehead atoms. The van der Waals surface area contributed by atoms with Gasteiger partial charge in [-0.2, -0.15) is 4.91 Å². The highest BCUT2D eigenvalue weighted by Gasteiger charge is 2.36. The molecule has 0 aromatic heterocycles. The van der Waals surface area contributed by atoms with E-state index in [1.165, 1.54) is 4.90 Å². The van der Waals surface area contributed by atoms with Crippen LogP contribution in [-0.4, -0.2) is 83.6 Å². The lowest BCUT2D eigenvalue weighted by Gasteiger charge is -2.36. The Bertz CT molecular complexity index is 1360. The van der Waals surface area contributed by atoms with Gasteiger partial charge in [-0.25, -0.2) is 0 Å². The summed E-state index contributed by atoms with van der Waals surface area (Å²) in [5, 5.41) is 6.76. The van der Waals surface area contributed by atoms with Crippen LogP contribution in [0.15, 0.2) is 71.9 Å². The summed E-state index contributed by atoms with van der Waals surface area (Å²) in [7, 11) is 5.17. The summed E-state index contributed by atoms with van der Waals surface area (Å²) in [6.07, 6.45) is 0.704. The highest BCUT2D eigenvalue weighted by Crippen LogP contribution is 2.35. The molecule has 3 aromatic carbocycles. The van der Waals surface area contributed by atoms with Crippen LogP contribution >= 0.6 is 0 Å². The SMILES string of the molecule is COCCCN1CCOc2ccc(CO[C@H]3CNC[C@@H](N=O)[C@@H]3c3ccc(Oc4ccc(C(=O)N(C)C)cc4)cc3)cc21. The predicted octanol–water partition coefficient (Wildman–Crippen LogP) is 4.82. The second-order valence-electron chi connectivity index (χ2n) is 11.1. The molecule has 2 heterocycles. The van der Waals surface area contributed by atoms with Gasteiger partial charge in [-0.3, -0.25) is 4.79 Å². The Hall–Kier alpha value is -3.99. The van der Waals surface area contributed by atoms with E-state index in [1.807, 2.05) is 36.4 Å². The van der Waals surface area contributed by atoms with E-state index in [0.717, 1.165) is 48.7 Å². The molecule has 2 aliphatic heterocycles. The molecule has 3 aromatic rings. The first-order valence-electron chi connectivity index (χ1n) is 14.7. The van der Waals surface area contributed by atoms with Gasteiger partial charge in [0, 0.05) is 58.9 Å². The van der Waals surface area contributed by atoms with Gasteiger partial charge in [-0.05, 0) is 66.1 Å². The summed E-state index contributed by atoms with van der Waals surface area (Å²) in [5.74, 6) is 1.91. The molecule has 0 unspecified atom stereocenters. The third kappa shape index (κ3) is 7.51. The summed E-state index contributed by atoms with van der Waals surface area (Å²) < 4.78 is 23.6. The van der Waals surface area contributed by atoms with Crippen LogP contribution in [0.5, 0.6) is 17.2 Å². The Kier molecular flexibility index (Phi) is 10.2. The predicted molar refractivity (Wildman–Crippen MR) is 165 cm³/mol. The van der Waals surface area contributed by atoms with Gasteiger partial charge in [0.15, 0.2) is 0 Å². The van der Waals surface area contributed by atoms with E-state index in [9.17, 15) is 9.70 Å². The Morgan fingerprint density at radius 3 is 2.49 bits per heavy atom. The number of fused-ring (bicyclic) bond motifs is 1. The second-order valence-corrected chi connectivity index (χ2v) is 11.1. The standard InChI is InChI=1S/C33H40N4O6/c1-36(2)33(38)25-8-12-27(13-9-25)43-26-10-6-24(7-11-26)32-28(35-39)20-34-21-31(32)42-22-23-5-14-30-29(19-23)37(16-18-41-30)15-4-17-40-3/h5-14,19,28,31-32,34H,4,15-18,20-22H2,1-3H3/t28-,31+,32+/m1/s1. The second kappa shape index (κ2) is 14.5. The van der Waals surface area contributed by atoms with Crippen LogP contribution < -0.4 is 19.7 Å². The number of amides is 1. The molecular formula is C33H40N4O6. The van der Waals surface area contributed by atoms with Gasteiger partial charge in [0.2, 0.25) is 0 Å². The van der Waals surface area contributed by atoms with Gasteiger partial charge in [0.05, 0.1) is 24.9 Å². The maximum Gasteiger partial charge on any atom is 0.253 e. The van der Waals surface area contributed by atoms with Crippen LogP contribution in [0.4, 0.5) is 5.69 Å². The monoisotopic (exact) mass is 588 g/mol. The van der Waals surface area contributed by atoms with Crippen LogP contribution in [0.1, 0.15) is 33.8 Å². The third-order valence-electron chi connectivity index (χ3n) is 7.88. The number of benzene rings is 3. The van der Waals surface area contributed by atoms with Crippen LogP contribution in [-0.2, 0) is 16.1 Å². The zero-order valence-electron chi connectivity index (χ0n) is 25.0. The number of nitrogens with one attached hydrogen (secondary N) is 1. The Balaban J connectivity index is 1.25. The molecule has 0 radical (unpaired) electrons.